The number of rotatable bonds is 4. The molecule has 0 unspecified atom stereocenters. The van der Waals surface area contributed by atoms with Crippen LogP contribution in [0.3, 0.4) is 0 Å². The molecule has 0 saturated heterocycles. The molecule has 10 heteroatoms. The van der Waals surface area contributed by atoms with Crippen molar-refractivity contribution in [3.63, 3.8) is 0 Å². The molecule has 5 rings (SSSR count). The Hall–Kier alpha value is -2.98. The maximum atomic E-state index is 10.6. The lowest BCUT2D eigenvalue weighted by Gasteiger charge is -2.36. The third kappa shape index (κ3) is 2.81. The highest BCUT2D eigenvalue weighted by atomic mass is 32.1. The van der Waals surface area contributed by atoms with Crippen molar-refractivity contribution in [1.82, 2.24) is 34.9 Å². The van der Waals surface area contributed by atoms with Crippen LogP contribution >= 0.6 is 11.3 Å². The summed E-state index contributed by atoms with van der Waals surface area (Å²) in [6.45, 7) is 2.29. The van der Waals surface area contributed by atoms with Crippen LogP contribution in [0.25, 0.3) is 21.9 Å². The van der Waals surface area contributed by atoms with E-state index in [0.717, 1.165) is 35.7 Å². The molecule has 0 radical (unpaired) electrons. The first kappa shape index (κ1) is 17.1. The molecule has 4 aromatic heterocycles. The SMILES string of the molecule is Cc1csc(-c2nc(N)nc3c2nnn3Cc2cccc(C3(O)CCC3)n2)n1. The summed E-state index contributed by atoms with van der Waals surface area (Å²) >= 11 is 1.48. The molecule has 0 atom stereocenters. The maximum absolute atomic E-state index is 10.6. The molecule has 28 heavy (non-hydrogen) atoms. The molecule has 1 aliphatic carbocycles. The highest BCUT2D eigenvalue weighted by Gasteiger charge is 2.37. The van der Waals surface area contributed by atoms with Crippen molar-refractivity contribution < 1.29 is 5.11 Å². The minimum atomic E-state index is -0.803. The topological polar surface area (TPSA) is 129 Å². The standard InChI is InChI=1S/C18H18N8OS/c1-10-9-28-16(20-10)14-13-15(23-17(19)22-14)26(25-24-13)8-11-4-2-5-12(21-11)18(27)6-3-7-18/h2,4-5,9,27H,3,6-8H2,1H3,(H2,19,22,23). The first-order chi connectivity index (χ1) is 13.5. The first-order valence-electron chi connectivity index (χ1n) is 9.00. The summed E-state index contributed by atoms with van der Waals surface area (Å²) in [5.41, 5.74) is 9.18. The van der Waals surface area contributed by atoms with Crippen molar-refractivity contribution in [2.45, 2.75) is 38.3 Å². The lowest BCUT2D eigenvalue weighted by atomic mass is 9.77. The number of nitrogen functional groups attached to an aromatic ring is 1. The number of hydrogen-bond donors (Lipinski definition) is 2. The van der Waals surface area contributed by atoms with Gasteiger partial charge in [-0.1, -0.05) is 11.3 Å². The molecule has 1 aliphatic rings. The number of hydrogen-bond acceptors (Lipinski definition) is 9. The summed E-state index contributed by atoms with van der Waals surface area (Å²) in [6.07, 6.45) is 2.51. The van der Waals surface area contributed by atoms with Crippen LogP contribution < -0.4 is 5.73 Å². The third-order valence-corrected chi connectivity index (χ3v) is 5.94. The maximum Gasteiger partial charge on any atom is 0.222 e. The third-order valence-electron chi connectivity index (χ3n) is 4.98. The average Bonchev–Trinajstić information content (AvgIpc) is 3.26. The summed E-state index contributed by atoms with van der Waals surface area (Å²) < 4.78 is 1.65. The highest BCUT2D eigenvalue weighted by Crippen LogP contribution is 2.40. The van der Waals surface area contributed by atoms with E-state index in [-0.39, 0.29) is 5.95 Å². The zero-order chi connectivity index (χ0) is 19.3. The average molecular weight is 394 g/mol. The fourth-order valence-electron chi connectivity index (χ4n) is 3.34. The molecular formula is C18H18N8OS. The van der Waals surface area contributed by atoms with E-state index in [2.05, 4.69) is 30.2 Å². The number of aliphatic hydroxyl groups is 1. The summed E-state index contributed by atoms with van der Waals surface area (Å²) in [5.74, 6) is 0.143. The van der Waals surface area contributed by atoms with E-state index in [1.807, 2.05) is 30.5 Å². The van der Waals surface area contributed by atoms with E-state index in [0.29, 0.717) is 29.1 Å². The van der Waals surface area contributed by atoms with Gasteiger partial charge >= 0.3 is 0 Å². The van der Waals surface area contributed by atoms with Crippen LogP contribution in [0.4, 0.5) is 5.95 Å². The number of pyridine rings is 1. The van der Waals surface area contributed by atoms with Gasteiger partial charge in [-0.2, -0.15) is 4.98 Å². The quantitative estimate of drug-likeness (QED) is 0.538. The smallest absolute Gasteiger partial charge is 0.222 e. The molecule has 4 aromatic rings. The van der Waals surface area contributed by atoms with Gasteiger partial charge in [-0.05, 0) is 38.3 Å². The van der Waals surface area contributed by atoms with E-state index in [1.165, 1.54) is 11.3 Å². The van der Waals surface area contributed by atoms with Crippen LogP contribution in [0.5, 0.6) is 0 Å². The van der Waals surface area contributed by atoms with Crippen molar-refractivity contribution in [3.8, 4) is 10.7 Å². The molecule has 142 valence electrons. The largest absolute Gasteiger partial charge is 0.384 e. The van der Waals surface area contributed by atoms with Crippen molar-refractivity contribution in [2.24, 2.45) is 0 Å². The zero-order valence-corrected chi connectivity index (χ0v) is 16.0. The van der Waals surface area contributed by atoms with Gasteiger partial charge in [0.25, 0.3) is 0 Å². The molecule has 1 saturated carbocycles. The van der Waals surface area contributed by atoms with Crippen molar-refractivity contribution in [3.05, 3.63) is 40.7 Å². The second-order valence-electron chi connectivity index (χ2n) is 7.04. The Morgan fingerprint density at radius 1 is 1.21 bits per heavy atom. The first-order valence-corrected chi connectivity index (χ1v) is 9.88. The van der Waals surface area contributed by atoms with Gasteiger partial charge in [-0.3, -0.25) is 4.98 Å². The molecular weight excluding hydrogens is 376 g/mol. The van der Waals surface area contributed by atoms with Crippen molar-refractivity contribution >= 4 is 28.4 Å². The van der Waals surface area contributed by atoms with E-state index >= 15 is 0 Å². The van der Waals surface area contributed by atoms with Gasteiger partial charge in [0, 0.05) is 11.1 Å². The van der Waals surface area contributed by atoms with Crippen LogP contribution in [0.15, 0.2) is 23.6 Å². The lowest BCUT2D eigenvalue weighted by Crippen LogP contribution is -2.34. The Bertz CT molecular complexity index is 1180. The van der Waals surface area contributed by atoms with Crippen LogP contribution in [0, 0.1) is 6.92 Å². The number of fused-ring (bicyclic) bond motifs is 1. The molecule has 4 heterocycles. The van der Waals surface area contributed by atoms with E-state index in [4.69, 9.17) is 5.73 Å². The Morgan fingerprint density at radius 3 is 2.79 bits per heavy atom. The summed E-state index contributed by atoms with van der Waals surface area (Å²) in [5, 5.41) is 21.7. The Balaban J connectivity index is 1.54. The van der Waals surface area contributed by atoms with Crippen LogP contribution in [-0.4, -0.2) is 40.0 Å². The highest BCUT2D eigenvalue weighted by molar-refractivity contribution is 7.13. The van der Waals surface area contributed by atoms with Gasteiger partial charge in [0.1, 0.15) is 16.3 Å². The van der Waals surface area contributed by atoms with Crippen molar-refractivity contribution in [2.75, 3.05) is 5.73 Å². The number of aromatic nitrogens is 7. The van der Waals surface area contributed by atoms with Gasteiger partial charge in [0.05, 0.1) is 17.9 Å². The predicted molar refractivity (Wildman–Crippen MR) is 104 cm³/mol. The monoisotopic (exact) mass is 394 g/mol. The fourth-order valence-corrected chi connectivity index (χ4v) is 4.12. The predicted octanol–water partition coefficient (Wildman–Crippen LogP) is 2.05. The summed E-state index contributed by atoms with van der Waals surface area (Å²) in [7, 11) is 0. The molecule has 9 nitrogen and oxygen atoms in total. The lowest BCUT2D eigenvalue weighted by molar-refractivity contribution is -0.0427. The number of thiazole rings is 1. The molecule has 1 fully saturated rings. The van der Waals surface area contributed by atoms with Crippen LogP contribution in [0.2, 0.25) is 0 Å². The number of anilines is 1. The Kier molecular flexibility index (Phi) is 3.84. The van der Waals surface area contributed by atoms with Gasteiger partial charge in [-0.15, -0.1) is 16.4 Å². The number of nitrogens with zero attached hydrogens (tertiary/aromatic N) is 7. The van der Waals surface area contributed by atoms with Crippen LogP contribution in [0.1, 0.15) is 36.3 Å². The second kappa shape index (κ2) is 6.28. The van der Waals surface area contributed by atoms with E-state index in [9.17, 15) is 5.11 Å². The Morgan fingerprint density at radius 2 is 2.07 bits per heavy atom. The summed E-state index contributed by atoms with van der Waals surface area (Å²) in [4.78, 5) is 17.8. The minimum absolute atomic E-state index is 0.143. The van der Waals surface area contributed by atoms with E-state index < -0.39 is 5.60 Å². The minimum Gasteiger partial charge on any atom is -0.384 e. The zero-order valence-electron chi connectivity index (χ0n) is 15.2. The molecule has 0 spiro atoms. The van der Waals surface area contributed by atoms with Gasteiger partial charge < -0.3 is 10.8 Å². The Labute approximate surface area is 164 Å². The van der Waals surface area contributed by atoms with E-state index in [1.54, 1.807) is 4.68 Å². The normalized spacial score (nSPS) is 15.6. The second-order valence-corrected chi connectivity index (χ2v) is 7.90. The number of aryl methyl sites for hydroxylation is 1. The van der Waals surface area contributed by atoms with Crippen LogP contribution in [-0.2, 0) is 12.1 Å². The fraction of sp³-hybridized carbons (Fsp3) is 0.333. The molecule has 0 aromatic carbocycles. The van der Waals surface area contributed by atoms with Crippen molar-refractivity contribution in [1.29, 1.82) is 0 Å². The number of nitrogens with two attached hydrogens (primary N) is 1. The van der Waals surface area contributed by atoms with Gasteiger partial charge in [0.2, 0.25) is 5.95 Å². The molecule has 0 aliphatic heterocycles. The molecule has 3 N–H and O–H groups in total. The molecule has 0 bridgehead atoms. The molecule has 0 amide bonds. The van der Waals surface area contributed by atoms with Gasteiger partial charge in [0.15, 0.2) is 11.2 Å². The van der Waals surface area contributed by atoms with Gasteiger partial charge in [-0.25, -0.2) is 14.6 Å². The summed E-state index contributed by atoms with van der Waals surface area (Å²) in [6, 6.07) is 5.67.